The summed E-state index contributed by atoms with van der Waals surface area (Å²) in [6.45, 7) is 9.41. The van der Waals surface area contributed by atoms with Crippen molar-refractivity contribution in [2.75, 3.05) is 33.4 Å². The molecule has 0 radical (unpaired) electrons. The molecule has 1 heterocycles. The number of benzene rings is 1. The normalized spacial score (nSPS) is 11.8. The smallest absolute Gasteiger partial charge is 0.226 e. The van der Waals surface area contributed by atoms with Crippen LogP contribution in [-0.4, -0.2) is 44.3 Å². The summed E-state index contributed by atoms with van der Waals surface area (Å²) in [6, 6.07) is 8.17. The molecule has 0 aliphatic rings. The molecule has 6 nitrogen and oxygen atoms in total. The fourth-order valence-electron chi connectivity index (χ4n) is 2.44. The summed E-state index contributed by atoms with van der Waals surface area (Å²) in [7, 11) is 1.76. The Kier molecular flexibility index (Phi) is 8.84. The van der Waals surface area contributed by atoms with E-state index in [1.807, 2.05) is 12.1 Å². The van der Waals surface area contributed by atoms with Crippen molar-refractivity contribution in [3.63, 3.8) is 0 Å². The van der Waals surface area contributed by atoms with Crippen molar-refractivity contribution in [3.05, 3.63) is 41.8 Å². The molecule has 148 valence electrons. The highest BCUT2D eigenvalue weighted by Gasteiger charge is 2.07. The van der Waals surface area contributed by atoms with Gasteiger partial charge < -0.3 is 19.8 Å². The van der Waals surface area contributed by atoms with Crippen LogP contribution in [0, 0.1) is 12.8 Å². The number of guanidine groups is 1. The van der Waals surface area contributed by atoms with Gasteiger partial charge in [0.2, 0.25) is 5.89 Å². The molecule has 0 saturated carbocycles. The van der Waals surface area contributed by atoms with Gasteiger partial charge in [-0.1, -0.05) is 31.5 Å². The number of hydrogen-bond donors (Lipinski definition) is 2. The van der Waals surface area contributed by atoms with Gasteiger partial charge in [-0.25, -0.2) is 4.98 Å². The van der Waals surface area contributed by atoms with E-state index in [0.717, 1.165) is 49.8 Å². The van der Waals surface area contributed by atoms with Crippen LogP contribution in [0.5, 0.6) is 0 Å². The fraction of sp³-hybridized carbons (Fsp3) is 0.524. The minimum atomic E-state index is 0.658. The van der Waals surface area contributed by atoms with Crippen molar-refractivity contribution >= 4 is 5.96 Å². The zero-order valence-corrected chi connectivity index (χ0v) is 16.9. The number of aryl methyl sites for hydroxylation is 1. The summed E-state index contributed by atoms with van der Waals surface area (Å²) in [5, 5.41) is 6.54. The third-order valence-corrected chi connectivity index (χ3v) is 4.13. The summed E-state index contributed by atoms with van der Waals surface area (Å²) in [6.07, 6.45) is 3.58. The Bertz CT molecular complexity index is 692. The minimum Gasteiger partial charge on any atom is -0.444 e. The van der Waals surface area contributed by atoms with Gasteiger partial charge in [0.15, 0.2) is 5.96 Å². The van der Waals surface area contributed by atoms with Gasteiger partial charge >= 0.3 is 0 Å². The van der Waals surface area contributed by atoms with Crippen molar-refractivity contribution < 1.29 is 9.15 Å². The number of aliphatic imine (C=N–C) groups is 1. The topological polar surface area (TPSA) is 71.7 Å². The maximum Gasteiger partial charge on any atom is 0.226 e. The fourth-order valence-corrected chi connectivity index (χ4v) is 2.44. The second kappa shape index (κ2) is 11.4. The van der Waals surface area contributed by atoms with E-state index in [1.54, 1.807) is 13.3 Å². The molecule has 0 spiro atoms. The van der Waals surface area contributed by atoms with E-state index in [4.69, 9.17) is 9.15 Å². The molecular weight excluding hydrogens is 340 g/mol. The number of nitrogens with zero attached hydrogens (tertiary/aromatic N) is 2. The lowest BCUT2D eigenvalue weighted by atomic mass is 10.1. The van der Waals surface area contributed by atoms with Crippen LogP contribution in [-0.2, 0) is 11.2 Å². The van der Waals surface area contributed by atoms with E-state index < -0.39 is 0 Å². The highest BCUT2D eigenvalue weighted by atomic mass is 16.5. The van der Waals surface area contributed by atoms with Gasteiger partial charge in [0.1, 0.15) is 6.26 Å². The van der Waals surface area contributed by atoms with E-state index in [1.165, 1.54) is 5.56 Å². The van der Waals surface area contributed by atoms with E-state index in [0.29, 0.717) is 18.4 Å². The van der Waals surface area contributed by atoms with E-state index in [2.05, 4.69) is 53.5 Å². The quantitative estimate of drug-likeness (QED) is 0.380. The number of nitrogens with one attached hydrogen (secondary N) is 2. The highest BCUT2D eigenvalue weighted by molar-refractivity contribution is 5.79. The van der Waals surface area contributed by atoms with Crippen LogP contribution in [0.3, 0.4) is 0 Å². The molecule has 0 atom stereocenters. The molecule has 0 aliphatic carbocycles. The van der Waals surface area contributed by atoms with Gasteiger partial charge in [0.25, 0.3) is 0 Å². The second-order valence-electron chi connectivity index (χ2n) is 6.98. The van der Waals surface area contributed by atoms with Gasteiger partial charge in [0, 0.05) is 38.7 Å². The summed E-state index contributed by atoms with van der Waals surface area (Å²) < 4.78 is 11.2. The first-order valence-electron chi connectivity index (χ1n) is 9.62. The Labute approximate surface area is 162 Å². The molecule has 1 aromatic heterocycles. The first-order chi connectivity index (χ1) is 13.1. The van der Waals surface area contributed by atoms with Crippen LogP contribution in [0.4, 0.5) is 0 Å². The second-order valence-corrected chi connectivity index (χ2v) is 6.98. The maximum absolute atomic E-state index is 5.60. The van der Waals surface area contributed by atoms with E-state index >= 15 is 0 Å². The Morgan fingerprint density at radius 1 is 1.15 bits per heavy atom. The molecule has 0 saturated heterocycles. The monoisotopic (exact) mass is 372 g/mol. The predicted molar refractivity (Wildman–Crippen MR) is 110 cm³/mol. The van der Waals surface area contributed by atoms with Crippen molar-refractivity contribution in [2.24, 2.45) is 10.9 Å². The molecule has 0 fully saturated rings. The lowest BCUT2D eigenvalue weighted by Gasteiger charge is -2.12. The molecule has 1 aromatic carbocycles. The molecule has 6 heteroatoms. The Morgan fingerprint density at radius 2 is 1.89 bits per heavy atom. The largest absolute Gasteiger partial charge is 0.444 e. The first kappa shape index (κ1) is 21.0. The summed E-state index contributed by atoms with van der Waals surface area (Å²) >= 11 is 0. The summed E-state index contributed by atoms with van der Waals surface area (Å²) in [5.74, 6) is 2.10. The predicted octanol–water partition coefficient (Wildman–Crippen LogP) is 3.42. The average Bonchev–Trinajstić information content (AvgIpc) is 3.12. The van der Waals surface area contributed by atoms with Crippen LogP contribution in [0.2, 0.25) is 0 Å². The summed E-state index contributed by atoms with van der Waals surface area (Å²) in [4.78, 5) is 8.78. The number of aromatic nitrogens is 1. The SMILES string of the molecule is CN=C(NCCOCCC(C)C)NCCc1coc(-c2ccc(C)cc2)n1. The third kappa shape index (κ3) is 7.83. The van der Waals surface area contributed by atoms with Crippen molar-refractivity contribution in [1.82, 2.24) is 15.6 Å². The molecule has 0 amide bonds. The van der Waals surface area contributed by atoms with Crippen molar-refractivity contribution in [1.29, 1.82) is 0 Å². The van der Waals surface area contributed by atoms with Gasteiger partial charge in [-0.3, -0.25) is 4.99 Å². The average molecular weight is 373 g/mol. The maximum atomic E-state index is 5.60. The Balaban J connectivity index is 1.66. The van der Waals surface area contributed by atoms with E-state index in [9.17, 15) is 0 Å². The first-order valence-corrected chi connectivity index (χ1v) is 9.62. The van der Waals surface area contributed by atoms with Gasteiger partial charge in [-0.15, -0.1) is 0 Å². The van der Waals surface area contributed by atoms with Crippen LogP contribution >= 0.6 is 0 Å². The number of rotatable bonds is 10. The molecule has 2 rings (SSSR count). The van der Waals surface area contributed by atoms with Gasteiger partial charge in [-0.05, 0) is 31.4 Å². The lowest BCUT2D eigenvalue weighted by Crippen LogP contribution is -2.39. The zero-order valence-electron chi connectivity index (χ0n) is 16.9. The summed E-state index contributed by atoms with van der Waals surface area (Å²) in [5.41, 5.74) is 3.14. The van der Waals surface area contributed by atoms with Crippen LogP contribution in [0.1, 0.15) is 31.5 Å². The van der Waals surface area contributed by atoms with Gasteiger partial charge in [-0.2, -0.15) is 0 Å². The van der Waals surface area contributed by atoms with Crippen LogP contribution in [0.15, 0.2) is 39.9 Å². The van der Waals surface area contributed by atoms with Crippen LogP contribution < -0.4 is 10.6 Å². The van der Waals surface area contributed by atoms with Crippen molar-refractivity contribution in [3.8, 4) is 11.5 Å². The molecule has 2 N–H and O–H groups in total. The minimum absolute atomic E-state index is 0.658. The standard InChI is InChI=1S/C21H32N4O2/c1-16(2)10-13-26-14-12-24-21(22-4)23-11-9-19-15-27-20(25-19)18-7-5-17(3)6-8-18/h5-8,15-16H,9-14H2,1-4H3,(H2,22,23,24). The number of hydrogen-bond acceptors (Lipinski definition) is 4. The highest BCUT2D eigenvalue weighted by Crippen LogP contribution is 2.19. The zero-order chi connectivity index (χ0) is 19.5. The third-order valence-electron chi connectivity index (χ3n) is 4.13. The molecule has 0 bridgehead atoms. The molecule has 0 unspecified atom stereocenters. The Hall–Kier alpha value is -2.34. The number of oxazole rings is 1. The molecular formula is C21H32N4O2. The van der Waals surface area contributed by atoms with E-state index in [-0.39, 0.29) is 0 Å². The Morgan fingerprint density at radius 3 is 2.59 bits per heavy atom. The molecule has 27 heavy (non-hydrogen) atoms. The lowest BCUT2D eigenvalue weighted by molar-refractivity contribution is 0.128. The van der Waals surface area contributed by atoms with Gasteiger partial charge in [0.05, 0.1) is 12.3 Å². The van der Waals surface area contributed by atoms with Crippen molar-refractivity contribution in [2.45, 2.75) is 33.6 Å². The molecule has 2 aromatic rings. The van der Waals surface area contributed by atoms with Crippen LogP contribution in [0.25, 0.3) is 11.5 Å². The molecule has 0 aliphatic heterocycles. The number of ether oxygens (including phenoxy) is 1.